The number of nitrogens with zero attached hydrogens (tertiary/aromatic N) is 1. The lowest BCUT2D eigenvalue weighted by Gasteiger charge is -2.45. The van der Waals surface area contributed by atoms with Crippen LogP contribution in [0, 0.1) is 18.3 Å². The summed E-state index contributed by atoms with van der Waals surface area (Å²) in [5.41, 5.74) is 8.87. The molecule has 1 fully saturated rings. The SMILES string of the molecule is Cc1cccc(N2CCC(CN)C(C)(C)C2)c1. The molecule has 2 nitrogen and oxygen atoms in total. The highest BCUT2D eigenvalue weighted by molar-refractivity contribution is 5.49. The first-order valence-corrected chi connectivity index (χ1v) is 6.54. The van der Waals surface area contributed by atoms with E-state index in [0.29, 0.717) is 11.3 Å². The van der Waals surface area contributed by atoms with Gasteiger partial charge in [-0.2, -0.15) is 0 Å². The minimum absolute atomic E-state index is 0.316. The van der Waals surface area contributed by atoms with E-state index in [4.69, 9.17) is 5.73 Å². The third kappa shape index (κ3) is 2.63. The first-order valence-electron chi connectivity index (χ1n) is 6.54. The van der Waals surface area contributed by atoms with Gasteiger partial charge in [0.1, 0.15) is 0 Å². The predicted octanol–water partition coefficient (Wildman–Crippen LogP) is 2.81. The van der Waals surface area contributed by atoms with Crippen molar-refractivity contribution in [3.63, 3.8) is 0 Å². The Morgan fingerprint density at radius 3 is 2.76 bits per heavy atom. The standard InChI is InChI=1S/C15H24N2/c1-12-5-4-6-14(9-12)17-8-7-13(10-16)15(2,3)11-17/h4-6,9,13H,7-8,10-11,16H2,1-3H3. The molecule has 1 aromatic carbocycles. The average Bonchev–Trinajstić information content (AvgIpc) is 2.27. The van der Waals surface area contributed by atoms with Crippen LogP contribution in [0.3, 0.4) is 0 Å². The van der Waals surface area contributed by atoms with Crippen molar-refractivity contribution in [3.05, 3.63) is 29.8 Å². The number of piperidine rings is 1. The van der Waals surface area contributed by atoms with Gasteiger partial charge in [-0.05, 0) is 48.9 Å². The number of benzene rings is 1. The highest BCUT2D eigenvalue weighted by atomic mass is 15.1. The fraction of sp³-hybridized carbons (Fsp3) is 0.600. The molecule has 0 spiro atoms. The van der Waals surface area contributed by atoms with Crippen molar-refractivity contribution in [2.45, 2.75) is 27.2 Å². The maximum absolute atomic E-state index is 5.87. The van der Waals surface area contributed by atoms with Crippen LogP contribution in [-0.2, 0) is 0 Å². The molecule has 2 heteroatoms. The summed E-state index contributed by atoms with van der Waals surface area (Å²) in [5.74, 6) is 0.656. The molecule has 1 aromatic rings. The second-order valence-electron chi connectivity index (χ2n) is 5.97. The first kappa shape index (κ1) is 12.4. The van der Waals surface area contributed by atoms with E-state index in [1.165, 1.54) is 17.7 Å². The number of nitrogens with two attached hydrogens (primary N) is 1. The third-order valence-electron chi connectivity index (χ3n) is 4.10. The lowest BCUT2D eigenvalue weighted by Crippen LogP contribution is -2.48. The van der Waals surface area contributed by atoms with Gasteiger partial charge in [0.2, 0.25) is 0 Å². The van der Waals surface area contributed by atoms with Gasteiger partial charge in [0.25, 0.3) is 0 Å². The van der Waals surface area contributed by atoms with E-state index in [1.807, 2.05) is 0 Å². The number of aryl methyl sites for hydroxylation is 1. The Labute approximate surface area is 105 Å². The Balaban J connectivity index is 2.15. The van der Waals surface area contributed by atoms with Crippen molar-refractivity contribution in [3.8, 4) is 0 Å². The quantitative estimate of drug-likeness (QED) is 0.849. The molecule has 1 unspecified atom stereocenters. The van der Waals surface area contributed by atoms with Gasteiger partial charge in [-0.3, -0.25) is 0 Å². The van der Waals surface area contributed by atoms with Crippen molar-refractivity contribution in [2.24, 2.45) is 17.1 Å². The van der Waals surface area contributed by atoms with E-state index in [0.717, 1.165) is 19.6 Å². The van der Waals surface area contributed by atoms with Crippen molar-refractivity contribution in [1.29, 1.82) is 0 Å². The van der Waals surface area contributed by atoms with Crippen LogP contribution in [0.25, 0.3) is 0 Å². The molecule has 2 rings (SSSR count). The van der Waals surface area contributed by atoms with E-state index >= 15 is 0 Å². The zero-order chi connectivity index (χ0) is 12.5. The molecule has 0 saturated carbocycles. The van der Waals surface area contributed by atoms with Gasteiger partial charge in [0, 0.05) is 18.8 Å². The topological polar surface area (TPSA) is 29.3 Å². The van der Waals surface area contributed by atoms with Crippen LogP contribution in [-0.4, -0.2) is 19.6 Å². The second kappa shape index (κ2) is 4.69. The van der Waals surface area contributed by atoms with Crippen molar-refractivity contribution in [2.75, 3.05) is 24.5 Å². The number of hydrogen-bond donors (Lipinski definition) is 1. The Morgan fingerprint density at radius 2 is 2.18 bits per heavy atom. The number of anilines is 1. The van der Waals surface area contributed by atoms with Gasteiger partial charge in [0.15, 0.2) is 0 Å². The van der Waals surface area contributed by atoms with E-state index in [-0.39, 0.29) is 0 Å². The molecule has 0 aromatic heterocycles. The van der Waals surface area contributed by atoms with Crippen molar-refractivity contribution in [1.82, 2.24) is 0 Å². The molecule has 1 heterocycles. The summed E-state index contributed by atoms with van der Waals surface area (Å²) in [4.78, 5) is 2.50. The van der Waals surface area contributed by atoms with Gasteiger partial charge in [-0.1, -0.05) is 26.0 Å². The van der Waals surface area contributed by atoms with E-state index in [2.05, 4.69) is 49.9 Å². The molecule has 2 N–H and O–H groups in total. The van der Waals surface area contributed by atoms with Crippen LogP contribution < -0.4 is 10.6 Å². The largest absolute Gasteiger partial charge is 0.371 e. The summed E-state index contributed by atoms with van der Waals surface area (Å²) in [6.45, 7) is 9.89. The highest BCUT2D eigenvalue weighted by Crippen LogP contribution is 2.36. The predicted molar refractivity (Wildman–Crippen MR) is 74.3 cm³/mol. The molecular weight excluding hydrogens is 208 g/mol. The second-order valence-corrected chi connectivity index (χ2v) is 5.97. The molecule has 1 aliphatic rings. The summed E-state index contributed by atoms with van der Waals surface area (Å²) in [6, 6.07) is 8.79. The van der Waals surface area contributed by atoms with Crippen LogP contribution in [0.5, 0.6) is 0 Å². The molecule has 1 saturated heterocycles. The highest BCUT2D eigenvalue weighted by Gasteiger charge is 2.34. The Bertz CT molecular complexity index is 384. The fourth-order valence-corrected chi connectivity index (χ4v) is 2.88. The van der Waals surface area contributed by atoms with Crippen LogP contribution in [0.4, 0.5) is 5.69 Å². The molecule has 0 radical (unpaired) electrons. The summed E-state index contributed by atoms with van der Waals surface area (Å²) in [5, 5.41) is 0. The molecule has 94 valence electrons. The first-order chi connectivity index (χ1) is 8.03. The van der Waals surface area contributed by atoms with Gasteiger partial charge in [0.05, 0.1) is 0 Å². The van der Waals surface area contributed by atoms with Crippen LogP contribution in [0.15, 0.2) is 24.3 Å². The molecular formula is C15H24N2. The summed E-state index contributed by atoms with van der Waals surface area (Å²) >= 11 is 0. The lowest BCUT2D eigenvalue weighted by molar-refractivity contribution is 0.182. The minimum Gasteiger partial charge on any atom is -0.371 e. The lowest BCUT2D eigenvalue weighted by atomic mass is 9.74. The van der Waals surface area contributed by atoms with Crippen LogP contribution in [0.2, 0.25) is 0 Å². The average molecular weight is 232 g/mol. The maximum atomic E-state index is 5.87. The van der Waals surface area contributed by atoms with Crippen molar-refractivity contribution < 1.29 is 0 Å². The smallest absolute Gasteiger partial charge is 0.0369 e. The van der Waals surface area contributed by atoms with Crippen molar-refractivity contribution >= 4 is 5.69 Å². The zero-order valence-electron chi connectivity index (χ0n) is 11.2. The zero-order valence-corrected chi connectivity index (χ0v) is 11.2. The van der Waals surface area contributed by atoms with E-state index in [9.17, 15) is 0 Å². The Morgan fingerprint density at radius 1 is 1.41 bits per heavy atom. The maximum Gasteiger partial charge on any atom is 0.0369 e. The van der Waals surface area contributed by atoms with E-state index in [1.54, 1.807) is 0 Å². The monoisotopic (exact) mass is 232 g/mol. The minimum atomic E-state index is 0.316. The van der Waals surface area contributed by atoms with Crippen LogP contribution >= 0.6 is 0 Å². The van der Waals surface area contributed by atoms with Gasteiger partial charge in [-0.15, -0.1) is 0 Å². The number of hydrogen-bond acceptors (Lipinski definition) is 2. The number of rotatable bonds is 2. The molecule has 0 bridgehead atoms. The van der Waals surface area contributed by atoms with Gasteiger partial charge >= 0.3 is 0 Å². The molecule has 0 amide bonds. The summed E-state index contributed by atoms with van der Waals surface area (Å²) in [6.07, 6.45) is 1.21. The van der Waals surface area contributed by atoms with Gasteiger partial charge in [-0.25, -0.2) is 0 Å². The normalized spacial score (nSPS) is 23.8. The third-order valence-corrected chi connectivity index (χ3v) is 4.10. The molecule has 17 heavy (non-hydrogen) atoms. The van der Waals surface area contributed by atoms with Crippen LogP contribution in [0.1, 0.15) is 25.8 Å². The summed E-state index contributed by atoms with van der Waals surface area (Å²) < 4.78 is 0. The van der Waals surface area contributed by atoms with Gasteiger partial charge < -0.3 is 10.6 Å². The molecule has 0 aliphatic carbocycles. The Kier molecular flexibility index (Phi) is 3.43. The molecule has 1 atom stereocenters. The summed E-state index contributed by atoms with van der Waals surface area (Å²) in [7, 11) is 0. The van der Waals surface area contributed by atoms with E-state index < -0.39 is 0 Å². The Hall–Kier alpha value is -1.02. The fourth-order valence-electron chi connectivity index (χ4n) is 2.88. The molecule has 1 aliphatic heterocycles.